The fourth-order valence-corrected chi connectivity index (χ4v) is 5.73. The van der Waals surface area contributed by atoms with E-state index in [2.05, 4.69) is 10.0 Å². The molecule has 1 aliphatic carbocycles. The fraction of sp³-hybridized carbons (Fsp3) is 0.480. The van der Waals surface area contributed by atoms with Crippen LogP contribution in [0.2, 0.25) is 10.0 Å². The van der Waals surface area contributed by atoms with Gasteiger partial charge in [0.05, 0.1) is 23.4 Å². The third-order valence-corrected chi connectivity index (χ3v) is 7.36. The van der Waals surface area contributed by atoms with Crippen LogP contribution in [0.3, 0.4) is 0 Å². The van der Waals surface area contributed by atoms with E-state index in [4.69, 9.17) is 32.7 Å². The number of hydrogen-bond donors (Lipinski definition) is 2. The predicted octanol–water partition coefficient (Wildman–Crippen LogP) is 5.65. The number of sulfonamides is 1. The standard InChI is InChI=1S/C25H30Cl2N2O5S/c1-15(2)33-22-7-6-18(29-35(3,31)32)11-16(22)5-8-23(30)28-21-14-25(9-4-10-25)34-24-19(21)12-17(26)13-20(24)27/h6-7,11-13,15,21,29H,4-5,8-10,14H2,1-3H3,(H,28,30). The van der Waals surface area contributed by atoms with Crippen LogP contribution in [0.25, 0.3) is 0 Å². The summed E-state index contributed by atoms with van der Waals surface area (Å²) in [6.07, 6.45) is 5.20. The molecule has 190 valence electrons. The Morgan fingerprint density at radius 3 is 2.60 bits per heavy atom. The van der Waals surface area contributed by atoms with Crippen LogP contribution in [0, 0.1) is 0 Å². The van der Waals surface area contributed by atoms with Gasteiger partial charge in [0.15, 0.2) is 0 Å². The maximum atomic E-state index is 13.1. The smallest absolute Gasteiger partial charge is 0.229 e. The van der Waals surface area contributed by atoms with Crippen LogP contribution in [0.15, 0.2) is 30.3 Å². The van der Waals surface area contributed by atoms with Crippen molar-refractivity contribution in [1.82, 2.24) is 5.32 Å². The van der Waals surface area contributed by atoms with E-state index in [0.717, 1.165) is 36.6 Å². The molecule has 1 atom stereocenters. The van der Waals surface area contributed by atoms with E-state index in [1.54, 1.807) is 30.3 Å². The Balaban J connectivity index is 1.50. The van der Waals surface area contributed by atoms with Gasteiger partial charge in [-0.1, -0.05) is 23.2 Å². The molecule has 2 aromatic carbocycles. The Morgan fingerprint density at radius 1 is 1.23 bits per heavy atom. The van der Waals surface area contributed by atoms with E-state index in [-0.39, 0.29) is 30.1 Å². The number of halogens is 2. The predicted molar refractivity (Wildman–Crippen MR) is 138 cm³/mol. The third kappa shape index (κ3) is 6.35. The molecule has 2 aliphatic rings. The van der Waals surface area contributed by atoms with Gasteiger partial charge in [-0.2, -0.15) is 0 Å². The molecule has 1 saturated carbocycles. The maximum absolute atomic E-state index is 13.1. The molecule has 1 fully saturated rings. The van der Waals surface area contributed by atoms with Gasteiger partial charge in [-0.05, 0) is 75.4 Å². The van der Waals surface area contributed by atoms with Crippen molar-refractivity contribution < 1.29 is 22.7 Å². The molecular weight excluding hydrogens is 511 g/mol. The normalized spacial score (nSPS) is 18.4. The van der Waals surface area contributed by atoms with Gasteiger partial charge in [-0.15, -0.1) is 0 Å². The number of hydrogen-bond acceptors (Lipinski definition) is 5. The molecule has 0 bridgehead atoms. The molecule has 1 amide bonds. The Morgan fingerprint density at radius 2 is 1.97 bits per heavy atom. The molecule has 1 aliphatic heterocycles. The van der Waals surface area contributed by atoms with Crippen molar-refractivity contribution in [3.63, 3.8) is 0 Å². The minimum Gasteiger partial charge on any atom is -0.491 e. The van der Waals surface area contributed by atoms with E-state index in [1.165, 1.54) is 0 Å². The Hall–Kier alpha value is -2.16. The number of aryl methyl sites for hydroxylation is 1. The van der Waals surface area contributed by atoms with E-state index in [9.17, 15) is 13.2 Å². The fourth-order valence-electron chi connectivity index (χ4n) is 4.63. The molecule has 0 saturated heterocycles. The van der Waals surface area contributed by atoms with Crippen LogP contribution < -0.4 is 19.5 Å². The molecule has 2 aromatic rings. The van der Waals surface area contributed by atoms with Gasteiger partial charge in [0.2, 0.25) is 15.9 Å². The van der Waals surface area contributed by atoms with E-state index in [1.807, 2.05) is 13.8 Å². The van der Waals surface area contributed by atoms with Gasteiger partial charge in [0.25, 0.3) is 0 Å². The lowest BCUT2D eigenvalue weighted by Gasteiger charge is -2.48. The second kappa shape index (κ2) is 10.1. The zero-order valence-electron chi connectivity index (χ0n) is 20.0. The van der Waals surface area contributed by atoms with Crippen molar-refractivity contribution in [2.75, 3.05) is 11.0 Å². The number of fused-ring (bicyclic) bond motifs is 1. The first-order valence-corrected chi connectivity index (χ1v) is 14.3. The first-order valence-electron chi connectivity index (χ1n) is 11.7. The van der Waals surface area contributed by atoms with Crippen LogP contribution in [-0.2, 0) is 21.2 Å². The Kier molecular flexibility index (Phi) is 7.46. The van der Waals surface area contributed by atoms with E-state index < -0.39 is 10.0 Å². The topological polar surface area (TPSA) is 93.7 Å². The average Bonchev–Trinajstić information content (AvgIpc) is 2.71. The quantitative estimate of drug-likeness (QED) is 0.451. The summed E-state index contributed by atoms with van der Waals surface area (Å²) in [6, 6.07) is 8.28. The highest BCUT2D eigenvalue weighted by Gasteiger charge is 2.46. The number of carbonyl (C=O) groups excluding carboxylic acids is 1. The first kappa shape index (κ1) is 25.9. The summed E-state index contributed by atoms with van der Waals surface area (Å²) in [4.78, 5) is 13.1. The highest BCUT2D eigenvalue weighted by atomic mass is 35.5. The van der Waals surface area contributed by atoms with Crippen molar-refractivity contribution >= 4 is 44.8 Å². The molecule has 2 N–H and O–H groups in total. The van der Waals surface area contributed by atoms with Crippen molar-refractivity contribution in [1.29, 1.82) is 0 Å². The molecule has 0 radical (unpaired) electrons. The van der Waals surface area contributed by atoms with Gasteiger partial charge in [0.1, 0.15) is 17.1 Å². The first-order chi connectivity index (χ1) is 16.4. The molecule has 7 nitrogen and oxygen atoms in total. The van der Waals surface area contributed by atoms with Crippen molar-refractivity contribution in [3.05, 3.63) is 51.5 Å². The molecule has 1 unspecified atom stereocenters. The molecule has 1 heterocycles. The average molecular weight is 541 g/mol. The summed E-state index contributed by atoms with van der Waals surface area (Å²) in [6.45, 7) is 3.82. The number of benzene rings is 2. The zero-order valence-corrected chi connectivity index (χ0v) is 22.3. The van der Waals surface area contributed by atoms with Gasteiger partial charge in [-0.3, -0.25) is 9.52 Å². The summed E-state index contributed by atoms with van der Waals surface area (Å²) in [5, 5.41) is 4.09. The third-order valence-electron chi connectivity index (χ3n) is 6.26. The van der Waals surface area contributed by atoms with Crippen molar-refractivity contribution in [2.45, 2.75) is 70.1 Å². The number of nitrogens with one attached hydrogen (secondary N) is 2. The molecule has 1 spiro atoms. The summed E-state index contributed by atoms with van der Waals surface area (Å²) in [5.41, 5.74) is 1.66. The largest absolute Gasteiger partial charge is 0.491 e. The molecular formula is C25H30Cl2N2O5S. The lowest BCUT2D eigenvalue weighted by molar-refractivity contribution is -0.123. The number of rotatable bonds is 8. The Labute approximate surface area is 216 Å². The summed E-state index contributed by atoms with van der Waals surface area (Å²) in [7, 11) is -3.43. The highest BCUT2D eigenvalue weighted by Crippen LogP contribution is 2.51. The van der Waals surface area contributed by atoms with Crippen LogP contribution in [0.1, 0.15) is 63.1 Å². The minimum atomic E-state index is -3.43. The van der Waals surface area contributed by atoms with Crippen LogP contribution >= 0.6 is 23.2 Å². The minimum absolute atomic E-state index is 0.0665. The number of anilines is 1. The van der Waals surface area contributed by atoms with Crippen molar-refractivity contribution in [2.24, 2.45) is 0 Å². The van der Waals surface area contributed by atoms with Crippen molar-refractivity contribution in [3.8, 4) is 11.5 Å². The van der Waals surface area contributed by atoms with E-state index >= 15 is 0 Å². The Bertz CT molecular complexity index is 1230. The zero-order chi connectivity index (χ0) is 25.4. The second-order valence-electron chi connectivity index (χ2n) is 9.63. The summed E-state index contributed by atoms with van der Waals surface area (Å²) >= 11 is 12.7. The van der Waals surface area contributed by atoms with E-state index in [0.29, 0.717) is 40.1 Å². The second-order valence-corrected chi connectivity index (χ2v) is 12.2. The number of amides is 1. The van der Waals surface area contributed by atoms with Crippen LogP contribution in [0.4, 0.5) is 5.69 Å². The maximum Gasteiger partial charge on any atom is 0.229 e. The van der Waals surface area contributed by atoms with Gasteiger partial charge < -0.3 is 14.8 Å². The molecule has 4 rings (SSSR count). The monoisotopic (exact) mass is 540 g/mol. The van der Waals surface area contributed by atoms with Crippen LogP contribution in [0.5, 0.6) is 11.5 Å². The lowest BCUT2D eigenvalue weighted by atomic mass is 9.73. The summed E-state index contributed by atoms with van der Waals surface area (Å²) in [5.74, 6) is 1.08. The number of carbonyl (C=O) groups is 1. The highest BCUT2D eigenvalue weighted by molar-refractivity contribution is 7.92. The van der Waals surface area contributed by atoms with Crippen LogP contribution in [-0.4, -0.2) is 32.3 Å². The molecule has 10 heteroatoms. The van der Waals surface area contributed by atoms with Gasteiger partial charge in [0, 0.05) is 29.1 Å². The number of ether oxygens (including phenoxy) is 2. The SMILES string of the molecule is CC(C)Oc1ccc(NS(C)(=O)=O)cc1CCC(=O)NC1CC2(CCC2)Oc2c(Cl)cc(Cl)cc21. The molecule has 0 aromatic heterocycles. The van der Waals surface area contributed by atoms with Gasteiger partial charge >= 0.3 is 0 Å². The molecule has 35 heavy (non-hydrogen) atoms. The van der Waals surface area contributed by atoms with Gasteiger partial charge in [-0.25, -0.2) is 8.42 Å². The summed E-state index contributed by atoms with van der Waals surface area (Å²) < 4.78 is 37.9. The lowest BCUT2D eigenvalue weighted by Crippen LogP contribution is -2.49.